The summed E-state index contributed by atoms with van der Waals surface area (Å²) < 4.78 is 0. The second-order valence-corrected chi connectivity index (χ2v) is 3.87. The van der Waals surface area contributed by atoms with Gasteiger partial charge in [0.25, 0.3) is 0 Å². The predicted molar refractivity (Wildman–Crippen MR) is 69.5 cm³/mol. The molecule has 0 fully saturated rings. The second-order valence-electron chi connectivity index (χ2n) is 3.30. The SMILES string of the molecule is CCCCO.CCCCO.CCC[CH2][Al]. The molecular weight excluding hydrogens is 203 g/mol. The number of unbranched alkanes of at least 4 members (excludes halogenated alkanes) is 3. The molecule has 3 heteroatoms. The fourth-order valence-corrected chi connectivity index (χ4v) is 0.929. The highest BCUT2D eigenvalue weighted by Gasteiger charge is 1.69. The van der Waals surface area contributed by atoms with Crippen LogP contribution in [0.25, 0.3) is 0 Å². The van der Waals surface area contributed by atoms with Crippen LogP contribution in [0.4, 0.5) is 0 Å². The number of aliphatic hydroxyl groups is 2. The van der Waals surface area contributed by atoms with Crippen molar-refractivity contribution in [1.29, 1.82) is 0 Å². The summed E-state index contributed by atoms with van der Waals surface area (Å²) in [6.45, 7) is 6.99. The third kappa shape index (κ3) is 53.8. The minimum Gasteiger partial charge on any atom is -0.396 e. The summed E-state index contributed by atoms with van der Waals surface area (Å²) in [5, 5.41) is 17.4. The van der Waals surface area contributed by atoms with Crippen molar-refractivity contribution < 1.29 is 10.2 Å². The summed E-state index contributed by atoms with van der Waals surface area (Å²) >= 11 is 2.70. The van der Waals surface area contributed by atoms with Crippen molar-refractivity contribution in [2.75, 3.05) is 13.2 Å². The van der Waals surface area contributed by atoms with Crippen molar-refractivity contribution in [3.63, 3.8) is 0 Å². The lowest BCUT2D eigenvalue weighted by molar-refractivity contribution is 0.286. The molecule has 15 heavy (non-hydrogen) atoms. The third-order valence-electron chi connectivity index (χ3n) is 1.58. The van der Waals surface area contributed by atoms with E-state index in [1.807, 2.05) is 0 Å². The Hall–Kier alpha value is 0.452. The maximum Gasteiger partial charge on any atom is 0.118 e. The first-order valence-corrected chi connectivity index (χ1v) is 6.98. The zero-order valence-corrected chi connectivity index (χ0v) is 12.0. The minimum absolute atomic E-state index is 0.344. The van der Waals surface area contributed by atoms with E-state index in [-0.39, 0.29) is 0 Å². The molecule has 0 atom stereocenters. The van der Waals surface area contributed by atoms with Crippen molar-refractivity contribution in [3.05, 3.63) is 0 Å². The average molecular weight is 232 g/mol. The molecule has 2 nitrogen and oxygen atoms in total. The zero-order chi connectivity index (χ0) is 12.4. The van der Waals surface area contributed by atoms with Gasteiger partial charge < -0.3 is 10.2 Å². The molecular formula is C12H29AlO2. The van der Waals surface area contributed by atoms with Crippen LogP contribution in [0.15, 0.2) is 0 Å². The molecule has 2 N–H and O–H groups in total. The number of hydrogen-bond acceptors (Lipinski definition) is 2. The van der Waals surface area contributed by atoms with Crippen LogP contribution in [-0.4, -0.2) is 39.7 Å². The van der Waals surface area contributed by atoms with E-state index >= 15 is 0 Å². The summed E-state index contributed by atoms with van der Waals surface area (Å²) in [4.78, 5) is 0. The summed E-state index contributed by atoms with van der Waals surface area (Å²) in [5.41, 5.74) is 0. The molecule has 0 heterocycles. The molecule has 0 saturated carbocycles. The highest BCUT2D eigenvalue weighted by atomic mass is 27.0. The second kappa shape index (κ2) is 29.3. The van der Waals surface area contributed by atoms with Crippen LogP contribution in [0, 0.1) is 0 Å². The van der Waals surface area contributed by atoms with E-state index in [0.717, 1.165) is 25.7 Å². The fourth-order valence-electron chi connectivity index (χ4n) is 0.520. The lowest BCUT2D eigenvalue weighted by Gasteiger charge is -1.79. The fraction of sp³-hybridized carbons (Fsp3) is 1.00. The Morgan fingerprint density at radius 3 is 1.07 bits per heavy atom. The average Bonchev–Trinajstić information content (AvgIpc) is 2.23. The van der Waals surface area contributed by atoms with Crippen LogP contribution in [0.5, 0.6) is 0 Å². The number of aliphatic hydroxyl groups excluding tert-OH is 2. The molecule has 2 radical (unpaired) electrons. The topological polar surface area (TPSA) is 40.5 Å². The summed E-state index contributed by atoms with van der Waals surface area (Å²) in [6.07, 6.45) is 6.75. The third-order valence-corrected chi connectivity index (χ3v) is 1.99. The van der Waals surface area contributed by atoms with E-state index in [4.69, 9.17) is 10.2 Å². The first-order chi connectivity index (χ1) is 7.24. The van der Waals surface area contributed by atoms with Crippen molar-refractivity contribution in [3.8, 4) is 0 Å². The molecule has 0 rings (SSSR count). The van der Waals surface area contributed by atoms with Crippen molar-refractivity contribution in [1.82, 2.24) is 0 Å². The van der Waals surface area contributed by atoms with Crippen LogP contribution < -0.4 is 0 Å². The Morgan fingerprint density at radius 2 is 1.07 bits per heavy atom. The van der Waals surface area contributed by atoms with E-state index in [1.54, 1.807) is 0 Å². The Labute approximate surface area is 105 Å². The van der Waals surface area contributed by atoms with Gasteiger partial charge in [-0.3, -0.25) is 0 Å². The minimum atomic E-state index is 0.344. The van der Waals surface area contributed by atoms with Crippen LogP contribution in [-0.2, 0) is 0 Å². The maximum absolute atomic E-state index is 8.07. The van der Waals surface area contributed by atoms with E-state index in [9.17, 15) is 0 Å². The first-order valence-electron chi connectivity index (χ1n) is 6.16. The van der Waals surface area contributed by atoms with Crippen LogP contribution in [0.1, 0.15) is 59.3 Å². The molecule has 0 saturated heterocycles. The molecule has 0 aliphatic carbocycles. The summed E-state index contributed by atoms with van der Waals surface area (Å²) in [7, 11) is 0. The normalized spacial score (nSPS) is 8.33. The molecule has 0 spiro atoms. The Bertz CT molecular complexity index is 50.4. The van der Waals surface area contributed by atoms with Gasteiger partial charge in [-0.25, -0.2) is 0 Å². The molecule has 92 valence electrons. The summed E-state index contributed by atoms with van der Waals surface area (Å²) in [6, 6.07) is 0. The van der Waals surface area contributed by atoms with E-state index in [2.05, 4.69) is 37.1 Å². The van der Waals surface area contributed by atoms with Gasteiger partial charge in [0.1, 0.15) is 16.3 Å². The molecule has 0 unspecified atom stereocenters. The Balaban J connectivity index is -0.000000144. The summed E-state index contributed by atoms with van der Waals surface area (Å²) in [5.74, 6) is 0. The van der Waals surface area contributed by atoms with Gasteiger partial charge in [0.2, 0.25) is 0 Å². The number of rotatable bonds is 6. The predicted octanol–water partition coefficient (Wildman–Crippen LogP) is 2.93. The van der Waals surface area contributed by atoms with Crippen LogP contribution >= 0.6 is 0 Å². The molecule has 0 aliphatic heterocycles. The highest BCUT2D eigenvalue weighted by Crippen LogP contribution is 1.86. The first kappa shape index (κ1) is 20.8. The Kier molecular flexibility index (Phi) is 40.6. The standard InChI is InChI=1S/2C4H10O.C4H9.Al/c2*1-2-3-4-5;1-3-4-2;/h2*5H,2-4H2,1H3;1,3-4H2,2H3;. The van der Waals surface area contributed by atoms with Gasteiger partial charge in [-0.15, -0.1) is 5.28 Å². The molecule has 0 amide bonds. The lowest BCUT2D eigenvalue weighted by atomic mass is 10.4. The van der Waals surface area contributed by atoms with Gasteiger partial charge in [0.15, 0.2) is 0 Å². The highest BCUT2D eigenvalue weighted by molar-refractivity contribution is 6.08. The lowest BCUT2D eigenvalue weighted by Crippen LogP contribution is -1.75. The van der Waals surface area contributed by atoms with E-state index in [0.29, 0.717) is 13.2 Å². The van der Waals surface area contributed by atoms with Crippen LogP contribution in [0.2, 0.25) is 5.28 Å². The van der Waals surface area contributed by atoms with Gasteiger partial charge in [0.05, 0.1) is 0 Å². The molecule has 0 aromatic heterocycles. The quantitative estimate of drug-likeness (QED) is 0.691. The van der Waals surface area contributed by atoms with Gasteiger partial charge in [-0.2, -0.15) is 0 Å². The van der Waals surface area contributed by atoms with Gasteiger partial charge in [-0.1, -0.05) is 46.5 Å². The van der Waals surface area contributed by atoms with Crippen molar-refractivity contribution in [2.24, 2.45) is 0 Å². The van der Waals surface area contributed by atoms with Crippen molar-refractivity contribution in [2.45, 2.75) is 64.6 Å². The van der Waals surface area contributed by atoms with E-state index in [1.165, 1.54) is 18.1 Å². The van der Waals surface area contributed by atoms with Gasteiger partial charge in [-0.05, 0) is 12.8 Å². The number of hydrogen-bond donors (Lipinski definition) is 2. The van der Waals surface area contributed by atoms with Crippen molar-refractivity contribution >= 4 is 16.3 Å². The van der Waals surface area contributed by atoms with E-state index < -0.39 is 0 Å². The zero-order valence-electron chi connectivity index (χ0n) is 10.8. The Morgan fingerprint density at radius 1 is 0.733 bits per heavy atom. The molecule has 0 aromatic rings. The molecule has 0 aliphatic rings. The van der Waals surface area contributed by atoms with Gasteiger partial charge >= 0.3 is 0 Å². The molecule has 0 aromatic carbocycles. The smallest absolute Gasteiger partial charge is 0.118 e. The monoisotopic (exact) mass is 232 g/mol. The largest absolute Gasteiger partial charge is 0.396 e. The maximum atomic E-state index is 8.07. The van der Waals surface area contributed by atoms with Gasteiger partial charge in [0, 0.05) is 13.2 Å². The van der Waals surface area contributed by atoms with Crippen LogP contribution in [0.3, 0.4) is 0 Å². The molecule has 0 bridgehead atoms.